The summed E-state index contributed by atoms with van der Waals surface area (Å²) >= 11 is 0. The molecule has 1 aromatic rings. The molecule has 0 aliphatic rings. The molecule has 0 atom stereocenters. The lowest BCUT2D eigenvalue weighted by molar-refractivity contribution is -0.118. The van der Waals surface area contributed by atoms with Gasteiger partial charge in [0.1, 0.15) is 11.5 Å². The highest BCUT2D eigenvalue weighted by Crippen LogP contribution is 2.14. The number of rotatable bonds is 7. The number of Topliss-reactive ketones (excluding diaryl/α,β-unsaturated/α-hetero) is 1. The van der Waals surface area contributed by atoms with Gasteiger partial charge in [-0.2, -0.15) is 0 Å². The van der Waals surface area contributed by atoms with E-state index in [1.807, 2.05) is 24.3 Å². The maximum Gasteiger partial charge on any atom is 0.137 e. The first-order valence-corrected chi connectivity index (χ1v) is 5.91. The molecule has 0 unspecified atom stereocenters. The molecule has 0 N–H and O–H groups in total. The second-order valence-electron chi connectivity index (χ2n) is 4.02. The first-order valence-electron chi connectivity index (χ1n) is 5.91. The Kier molecular flexibility index (Phi) is 5.62. The van der Waals surface area contributed by atoms with Gasteiger partial charge in [0, 0.05) is 12.8 Å². The Labute approximate surface area is 97.6 Å². The molecule has 16 heavy (non-hydrogen) atoms. The second-order valence-corrected chi connectivity index (χ2v) is 4.02. The van der Waals surface area contributed by atoms with Crippen molar-refractivity contribution in [2.45, 2.75) is 39.0 Å². The molecule has 0 aromatic heterocycles. The largest absolute Gasteiger partial charge is 0.497 e. The molecule has 0 amide bonds. The standard InChI is InChI=1S/C14H20O2/c1-3-4-5-8-13(15)10-12-7-6-9-14(11-12)16-2/h6-7,9,11H,3-5,8,10H2,1-2H3. The van der Waals surface area contributed by atoms with Gasteiger partial charge in [0.15, 0.2) is 0 Å². The van der Waals surface area contributed by atoms with Gasteiger partial charge >= 0.3 is 0 Å². The van der Waals surface area contributed by atoms with E-state index in [0.29, 0.717) is 18.6 Å². The molecule has 0 radical (unpaired) electrons. The van der Waals surface area contributed by atoms with Crippen LogP contribution in [0.1, 0.15) is 38.2 Å². The number of hydrogen-bond donors (Lipinski definition) is 0. The zero-order valence-corrected chi connectivity index (χ0v) is 10.2. The molecule has 0 saturated carbocycles. The maximum atomic E-state index is 11.6. The van der Waals surface area contributed by atoms with Gasteiger partial charge in [0.05, 0.1) is 7.11 Å². The minimum Gasteiger partial charge on any atom is -0.497 e. The quantitative estimate of drug-likeness (QED) is 0.658. The third kappa shape index (κ3) is 4.47. The van der Waals surface area contributed by atoms with Gasteiger partial charge in [0.25, 0.3) is 0 Å². The van der Waals surface area contributed by atoms with E-state index in [4.69, 9.17) is 4.74 Å². The van der Waals surface area contributed by atoms with E-state index in [-0.39, 0.29) is 0 Å². The molecule has 2 heteroatoms. The van der Waals surface area contributed by atoms with E-state index in [1.54, 1.807) is 7.11 Å². The summed E-state index contributed by atoms with van der Waals surface area (Å²) in [5.41, 5.74) is 1.04. The molecule has 0 aliphatic carbocycles. The predicted octanol–water partition coefficient (Wildman–Crippen LogP) is 3.39. The fraction of sp³-hybridized carbons (Fsp3) is 0.500. The topological polar surface area (TPSA) is 26.3 Å². The van der Waals surface area contributed by atoms with Crippen LogP contribution in [0.15, 0.2) is 24.3 Å². The normalized spacial score (nSPS) is 10.1. The maximum absolute atomic E-state index is 11.6. The van der Waals surface area contributed by atoms with Gasteiger partial charge in [-0.1, -0.05) is 31.9 Å². The van der Waals surface area contributed by atoms with Crippen molar-refractivity contribution < 1.29 is 9.53 Å². The summed E-state index contributed by atoms with van der Waals surface area (Å²) in [5, 5.41) is 0. The Morgan fingerprint density at radius 3 is 2.81 bits per heavy atom. The highest BCUT2D eigenvalue weighted by Gasteiger charge is 2.04. The van der Waals surface area contributed by atoms with Crippen molar-refractivity contribution in [3.05, 3.63) is 29.8 Å². The monoisotopic (exact) mass is 220 g/mol. The van der Waals surface area contributed by atoms with E-state index in [0.717, 1.165) is 30.6 Å². The van der Waals surface area contributed by atoms with E-state index < -0.39 is 0 Å². The number of unbranched alkanes of at least 4 members (excludes halogenated alkanes) is 2. The molecule has 0 aliphatic heterocycles. The molecule has 0 saturated heterocycles. The van der Waals surface area contributed by atoms with Crippen LogP contribution >= 0.6 is 0 Å². The number of hydrogen-bond acceptors (Lipinski definition) is 2. The fourth-order valence-electron chi connectivity index (χ4n) is 1.67. The van der Waals surface area contributed by atoms with Gasteiger partial charge < -0.3 is 4.74 Å². The zero-order chi connectivity index (χ0) is 11.8. The number of methoxy groups -OCH3 is 1. The van der Waals surface area contributed by atoms with E-state index >= 15 is 0 Å². The van der Waals surface area contributed by atoms with Gasteiger partial charge in [-0.3, -0.25) is 4.79 Å². The summed E-state index contributed by atoms with van der Waals surface area (Å²) in [4.78, 5) is 11.6. The third-order valence-electron chi connectivity index (χ3n) is 2.59. The average Bonchev–Trinajstić information content (AvgIpc) is 2.29. The molecule has 1 rings (SSSR count). The molecule has 0 fully saturated rings. The third-order valence-corrected chi connectivity index (χ3v) is 2.59. The minimum absolute atomic E-state index is 0.321. The van der Waals surface area contributed by atoms with E-state index in [1.165, 1.54) is 0 Å². The van der Waals surface area contributed by atoms with Crippen molar-refractivity contribution in [3.8, 4) is 5.75 Å². The van der Waals surface area contributed by atoms with E-state index in [9.17, 15) is 4.79 Å². The van der Waals surface area contributed by atoms with Crippen LogP contribution < -0.4 is 4.74 Å². The first-order chi connectivity index (χ1) is 7.76. The Morgan fingerprint density at radius 2 is 2.12 bits per heavy atom. The number of ether oxygens (including phenoxy) is 1. The Hall–Kier alpha value is -1.31. The van der Waals surface area contributed by atoms with E-state index in [2.05, 4.69) is 6.92 Å². The lowest BCUT2D eigenvalue weighted by Crippen LogP contribution is -2.02. The summed E-state index contributed by atoms with van der Waals surface area (Å²) in [7, 11) is 1.64. The van der Waals surface area contributed by atoms with Crippen molar-refractivity contribution in [2.24, 2.45) is 0 Å². The lowest BCUT2D eigenvalue weighted by Gasteiger charge is -2.04. The predicted molar refractivity (Wildman–Crippen MR) is 65.8 cm³/mol. The second kappa shape index (κ2) is 7.04. The first kappa shape index (κ1) is 12.8. The molecule has 1 aromatic carbocycles. The van der Waals surface area contributed by atoms with Gasteiger partial charge in [-0.05, 0) is 24.1 Å². The van der Waals surface area contributed by atoms with Crippen molar-refractivity contribution in [2.75, 3.05) is 7.11 Å². The summed E-state index contributed by atoms with van der Waals surface area (Å²) in [5.74, 6) is 1.14. The Bertz CT molecular complexity index is 331. The van der Waals surface area contributed by atoms with Crippen molar-refractivity contribution in [1.29, 1.82) is 0 Å². The highest BCUT2D eigenvalue weighted by molar-refractivity contribution is 5.80. The summed E-state index contributed by atoms with van der Waals surface area (Å²) in [6.45, 7) is 2.15. The molecular formula is C14H20O2. The summed E-state index contributed by atoms with van der Waals surface area (Å²) in [6.07, 6.45) is 4.54. The fourth-order valence-corrected chi connectivity index (χ4v) is 1.67. The molecular weight excluding hydrogens is 200 g/mol. The average molecular weight is 220 g/mol. The van der Waals surface area contributed by atoms with Crippen molar-refractivity contribution in [3.63, 3.8) is 0 Å². The number of ketones is 1. The zero-order valence-electron chi connectivity index (χ0n) is 10.2. The van der Waals surface area contributed by atoms with Gasteiger partial charge in [-0.25, -0.2) is 0 Å². The summed E-state index contributed by atoms with van der Waals surface area (Å²) < 4.78 is 5.12. The molecule has 0 bridgehead atoms. The van der Waals surface area contributed by atoms with Crippen LogP contribution in [0.3, 0.4) is 0 Å². The van der Waals surface area contributed by atoms with Crippen LogP contribution in [0, 0.1) is 0 Å². The van der Waals surface area contributed by atoms with Crippen LogP contribution in [-0.4, -0.2) is 12.9 Å². The lowest BCUT2D eigenvalue weighted by atomic mass is 10.0. The molecule has 2 nitrogen and oxygen atoms in total. The summed E-state index contributed by atoms with van der Waals surface area (Å²) in [6, 6.07) is 7.72. The smallest absolute Gasteiger partial charge is 0.137 e. The van der Waals surface area contributed by atoms with Crippen LogP contribution in [0.2, 0.25) is 0 Å². The molecule has 0 spiro atoms. The van der Waals surface area contributed by atoms with Gasteiger partial charge in [0.2, 0.25) is 0 Å². The van der Waals surface area contributed by atoms with Crippen LogP contribution in [-0.2, 0) is 11.2 Å². The minimum atomic E-state index is 0.321. The van der Waals surface area contributed by atoms with Crippen molar-refractivity contribution >= 4 is 5.78 Å². The van der Waals surface area contributed by atoms with Crippen LogP contribution in [0.4, 0.5) is 0 Å². The molecule has 88 valence electrons. The number of carbonyl (C=O) groups excluding carboxylic acids is 1. The van der Waals surface area contributed by atoms with Crippen molar-refractivity contribution in [1.82, 2.24) is 0 Å². The SMILES string of the molecule is CCCCCC(=O)Cc1cccc(OC)c1. The van der Waals surface area contributed by atoms with Gasteiger partial charge in [-0.15, -0.1) is 0 Å². The Balaban J connectivity index is 2.43. The molecule has 0 heterocycles. The Morgan fingerprint density at radius 1 is 1.31 bits per heavy atom. The highest BCUT2D eigenvalue weighted by atomic mass is 16.5. The number of benzene rings is 1. The number of carbonyl (C=O) groups is 1. The van der Waals surface area contributed by atoms with Crippen LogP contribution in [0.5, 0.6) is 5.75 Å². The van der Waals surface area contributed by atoms with Crippen LogP contribution in [0.25, 0.3) is 0 Å².